The van der Waals surface area contributed by atoms with Gasteiger partial charge in [0.05, 0.1) is 0 Å². The van der Waals surface area contributed by atoms with E-state index in [1.807, 2.05) is 6.92 Å². The minimum Gasteiger partial charge on any atom is -0.355 e. The second-order valence-electron chi connectivity index (χ2n) is 6.23. The van der Waals surface area contributed by atoms with Gasteiger partial charge in [-0.3, -0.25) is 4.79 Å². The first-order valence-corrected chi connectivity index (χ1v) is 7.13. The van der Waals surface area contributed by atoms with Gasteiger partial charge in [0.1, 0.15) is 0 Å². The van der Waals surface area contributed by atoms with Crippen LogP contribution in [0.25, 0.3) is 0 Å². The molecule has 1 fully saturated rings. The van der Waals surface area contributed by atoms with Crippen LogP contribution in [0.15, 0.2) is 0 Å². The summed E-state index contributed by atoms with van der Waals surface area (Å²) in [4.78, 5) is 12.1. The summed E-state index contributed by atoms with van der Waals surface area (Å²) in [6.45, 7) is 9.44. The number of carbonyl (C=O) groups excluding carboxylic acids is 1. The predicted molar refractivity (Wildman–Crippen MR) is 71.7 cm³/mol. The van der Waals surface area contributed by atoms with E-state index in [1.54, 1.807) is 0 Å². The lowest BCUT2D eigenvalue weighted by atomic mass is 9.90. The molecule has 0 aromatic carbocycles. The van der Waals surface area contributed by atoms with Crippen LogP contribution in [0.2, 0.25) is 0 Å². The van der Waals surface area contributed by atoms with Crippen molar-refractivity contribution in [2.24, 2.45) is 17.3 Å². The molecule has 0 heterocycles. The second kappa shape index (κ2) is 5.52. The molecule has 0 saturated heterocycles. The largest absolute Gasteiger partial charge is 0.355 e. The SMILES string of the molecule is CC(C(=O)NCC(Br)CC(C)(C)C)C1CC1. The third-order valence-electron chi connectivity index (χ3n) is 3.07. The van der Waals surface area contributed by atoms with Crippen molar-refractivity contribution in [1.29, 1.82) is 0 Å². The maximum atomic E-state index is 11.8. The summed E-state index contributed by atoms with van der Waals surface area (Å²) in [5.41, 5.74) is 0.307. The molecular formula is C13H24BrNO. The zero-order chi connectivity index (χ0) is 12.3. The van der Waals surface area contributed by atoms with Crippen molar-refractivity contribution in [2.75, 3.05) is 6.54 Å². The molecule has 94 valence electrons. The average Bonchev–Trinajstić information content (AvgIpc) is 2.93. The molecule has 0 radical (unpaired) electrons. The quantitative estimate of drug-likeness (QED) is 0.773. The number of carbonyl (C=O) groups is 1. The third-order valence-corrected chi connectivity index (χ3v) is 3.72. The molecule has 3 heteroatoms. The van der Waals surface area contributed by atoms with Crippen LogP contribution in [0, 0.1) is 17.3 Å². The van der Waals surface area contributed by atoms with Crippen LogP contribution in [0.5, 0.6) is 0 Å². The molecule has 2 atom stereocenters. The Kier molecular flexibility index (Phi) is 4.84. The Morgan fingerprint density at radius 1 is 1.44 bits per heavy atom. The Morgan fingerprint density at radius 3 is 2.44 bits per heavy atom. The fraction of sp³-hybridized carbons (Fsp3) is 0.923. The molecule has 0 spiro atoms. The van der Waals surface area contributed by atoms with Gasteiger partial charge in [0.2, 0.25) is 5.91 Å². The van der Waals surface area contributed by atoms with E-state index in [9.17, 15) is 4.79 Å². The fourth-order valence-electron chi connectivity index (χ4n) is 1.92. The van der Waals surface area contributed by atoms with Crippen molar-refractivity contribution in [3.05, 3.63) is 0 Å². The minimum absolute atomic E-state index is 0.203. The van der Waals surface area contributed by atoms with E-state index in [0.717, 1.165) is 13.0 Å². The predicted octanol–water partition coefficient (Wildman–Crippen LogP) is 3.35. The van der Waals surface area contributed by atoms with Gasteiger partial charge in [-0.2, -0.15) is 0 Å². The zero-order valence-electron chi connectivity index (χ0n) is 10.8. The van der Waals surface area contributed by atoms with Gasteiger partial charge in [-0.1, -0.05) is 43.6 Å². The van der Waals surface area contributed by atoms with Gasteiger partial charge >= 0.3 is 0 Å². The summed E-state index contributed by atoms with van der Waals surface area (Å²) in [5.74, 6) is 1.08. The maximum absolute atomic E-state index is 11.8. The Bertz CT molecular complexity index is 243. The number of alkyl halides is 1. The van der Waals surface area contributed by atoms with Crippen molar-refractivity contribution in [3.8, 4) is 0 Å². The number of halogens is 1. The lowest BCUT2D eigenvalue weighted by Crippen LogP contribution is -2.35. The lowest BCUT2D eigenvalue weighted by molar-refractivity contribution is -0.125. The Hall–Kier alpha value is -0.0500. The summed E-state index contributed by atoms with van der Waals surface area (Å²) in [5, 5.41) is 3.04. The minimum atomic E-state index is 0.203. The highest BCUT2D eigenvalue weighted by atomic mass is 79.9. The molecule has 1 aliphatic carbocycles. The van der Waals surface area contributed by atoms with Gasteiger partial charge in [-0.15, -0.1) is 0 Å². The standard InChI is InChI=1S/C13H24BrNO/c1-9(10-5-6-10)12(16)15-8-11(14)7-13(2,3)4/h9-11H,5-8H2,1-4H3,(H,15,16). The van der Waals surface area contributed by atoms with E-state index in [1.165, 1.54) is 12.8 Å². The van der Waals surface area contributed by atoms with Crippen molar-refractivity contribution in [1.82, 2.24) is 5.32 Å². The molecular weight excluding hydrogens is 266 g/mol. The highest BCUT2D eigenvalue weighted by Crippen LogP contribution is 2.36. The van der Waals surface area contributed by atoms with Crippen LogP contribution in [-0.4, -0.2) is 17.3 Å². The van der Waals surface area contributed by atoms with E-state index in [2.05, 4.69) is 42.0 Å². The molecule has 1 aliphatic rings. The Labute approximate surface area is 108 Å². The second-order valence-corrected chi connectivity index (χ2v) is 7.53. The van der Waals surface area contributed by atoms with Gasteiger partial charge < -0.3 is 5.32 Å². The Morgan fingerprint density at radius 2 is 2.00 bits per heavy atom. The molecule has 0 aromatic heterocycles. The van der Waals surface area contributed by atoms with Crippen LogP contribution < -0.4 is 5.32 Å². The number of amides is 1. The van der Waals surface area contributed by atoms with E-state index >= 15 is 0 Å². The highest BCUT2D eigenvalue weighted by Gasteiger charge is 2.32. The zero-order valence-corrected chi connectivity index (χ0v) is 12.4. The van der Waals surface area contributed by atoms with Gasteiger partial charge in [-0.25, -0.2) is 0 Å². The van der Waals surface area contributed by atoms with Crippen molar-refractivity contribution in [2.45, 2.75) is 51.8 Å². The van der Waals surface area contributed by atoms with E-state index in [4.69, 9.17) is 0 Å². The highest BCUT2D eigenvalue weighted by molar-refractivity contribution is 9.09. The molecule has 16 heavy (non-hydrogen) atoms. The molecule has 1 rings (SSSR count). The smallest absolute Gasteiger partial charge is 0.223 e. The molecule has 1 saturated carbocycles. The van der Waals surface area contributed by atoms with Crippen molar-refractivity contribution < 1.29 is 4.79 Å². The summed E-state index contributed by atoms with van der Waals surface area (Å²) >= 11 is 3.63. The topological polar surface area (TPSA) is 29.1 Å². The summed E-state index contributed by atoms with van der Waals surface area (Å²) in [6, 6.07) is 0. The summed E-state index contributed by atoms with van der Waals surface area (Å²) in [7, 11) is 0. The van der Waals surface area contributed by atoms with Crippen molar-refractivity contribution in [3.63, 3.8) is 0 Å². The molecule has 0 aromatic rings. The first-order valence-electron chi connectivity index (χ1n) is 6.21. The normalized spacial score (nSPS) is 20.3. The number of hydrogen-bond acceptors (Lipinski definition) is 1. The Balaban J connectivity index is 2.20. The van der Waals surface area contributed by atoms with Gasteiger partial charge in [-0.05, 0) is 30.6 Å². The molecule has 0 bridgehead atoms. The lowest BCUT2D eigenvalue weighted by Gasteiger charge is -2.22. The maximum Gasteiger partial charge on any atom is 0.223 e. The van der Waals surface area contributed by atoms with E-state index in [0.29, 0.717) is 16.2 Å². The average molecular weight is 290 g/mol. The van der Waals surface area contributed by atoms with E-state index in [-0.39, 0.29) is 11.8 Å². The fourth-order valence-corrected chi connectivity index (χ4v) is 3.05. The van der Waals surface area contributed by atoms with Crippen LogP contribution in [0.3, 0.4) is 0 Å². The number of rotatable bonds is 5. The van der Waals surface area contributed by atoms with Gasteiger partial charge in [0.25, 0.3) is 0 Å². The molecule has 2 nitrogen and oxygen atoms in total. The van der Waals surface area contributed by atoms with Crippen LogP contribution in [0.1, 0.15) is 47.0 Å². The van der Waals surface area contributed by atoms with Crippen LogP contribution in [0.4, 0.5) is 0 Å². The number of nitrogens with one attached hydrogen (secondary N) is 1. The van der Waals surface area contributed by atoms with Gasteiger partial charge in [0, 0.05) is 17.3 Å². The van der Waals surface area contributed by atoms with Gasteiger partial charge in [0.15, 0.2) is 0 Å². The third kappa shape index (κ3) is 5.33. The van der Waals surface area contributed by atoms with Crippen LogP contribution >= 0.6 is 15.9 Å². The summed E-state index contributed by atoms with van der Waals surface area (Å²) < 4.78 is 0. The monoisotopic (exact) mass is 289 g/mol. The number of hydrogen-bond donors (Lipinski definition) is 1. The molecule has 1 N–H and O–H groups in total. The molecule has 0 aliphatic heterocycles. The van der Waals surface area contributed by atoms with E-state index < -0.39 is 0 Å². The van der Waals surface area contributed by atoms with Crippen molar-refractivity contribution >= 4 is 21.8 Å². The van der Waals surface area contributed by atoms with Crippen LogP contribution in [-0.2, 0) is 4.79 Å². The first kappa shape index (κ1) is 14.0. The summed E-state index contributed by atoms with van der Waals surface area (Å²) in [6.07, 6.45) is 3.54. The molecule has 1 amide bonds. The molecule has 2 unspecified atom stereocenters. The first-order chi connectivity index (χ1) is 7.29.